The molecule has 0 aliphatic heterocycles. The van der Waals surface area contributed by atoms with E-state index in [1.165, 1.54) is 12.1 Å². The van der Waals surface area contributed by atoms with Crippen molar-refractivity contribution in [3.05, 3.63) is 34.9 Å². The molecular formula is C9H8O7S. The average Bonchev–Trinajstić information content (AvgIpc) is 2.25. The molecule has 0 bridgehead atoms. The van der Waals surface area contributed by atoms with Crippen LogP contribution in [-0.4, -0.2) is 36.4 Å². The fourth-order valence-electron chi connectivity index (χ4n) is 0.943. The lowest BCUT2D eigenvalue weighted by Gasteiger charge is -1.97. The SMILES string of the molecule is O=Cc1cccc(C=O)c1C=O.O=S(=O)(O)O. The Hall–Kier alpha value is -1.90. The Bertz CT molecular complexity index is 484. The quantitative estimate of drug-likeness (QED) is 0.597. The van der Waals surface area contributed by atoms with Gasteiger partial charge in [0.2, 0.25) is 0 Å². The van der Waals surface area contributed by atoms with E-state index in [-0.39, 0.29) is 16.7 Å². The molecule has 0 heterocycles. The fraction of sp³-hybridized carbons (Fsp3) is 0. The highest BCUT2D eigenvalue weighted by Crippen LogP contribution is 2.08. The van der Waals surface area contributed by atoms with Crippen molar-refractivity contribution in [1.29, 1.82) is 0 Å². The number of carbonyl (C=O) groups excluding carboxylic acids is 3. The molecule has 1 aromatic carbocycles. The zero-order valence-electron chi connectivity index (χ0n) is 8.31. The molecule has 92 valence electrons. The molecule has 0 spiro atoms. The van der Waals surface area contributed by atoms with Crippen LogP contribution in [0.4, 0.5) is 0 Å². The Morgan fingerprint density at radius 3 is 1.47 bits per heavy atom. The van der Waals surface area contributed by atoms with E-state index < -0.39 is 10.4 Å². The first-order valence-electron chi connectivity index (χ1n) is 4.02. The molecule has 0 aliphatic carbocycles. The summed E-state index contributed by atoms with van der Waals surface area (Å²) >= 11 is 0. The zero-order chi connectivity index (χ0) is 13.5. The molecule has 0 atom stereocenters. The summed E-state index contributed by atoms with van der Waals surface area (Å²) in [6, 6.07) is 4.54. The summed E-state index contributed by atoms with van der Waals surface area (Å²) in [6.07, 6.45) is 1.61. The largest absolute Gasteiger partial charge is 0.394 e. The van der Waals surface area contributed by atoms with Crippen LogP contribution < -0.4 is 0 Å². The van der Waals surface area contributed by atoms with Crippen molar-refractivity contribution in [2.24, 2.45) is 0 Å². The molecule has 2 N–H and O–H groups in total. The molecule has 0 aromatic heterocycles. The van der Waals surface area contributed by atoms with Crippen LogP contribution >= 0.6 is 0 Å². The number of carbonyl (C=O) groups is 3. The first kappa shape index (κ1) is 15.1. The van der Waals surface area contributed by atoms with Gasteiger partial charge in [0.25, 0.3) is 0 Å². The summed E-state index contributed by atoms with van der Waals surface area (Å²) in [7, 11) is -4.67. The second-order valence-electron chi connectivity index (χ2n) is 2.65. The van der Waals surface area contributed by atoms with Gasteiger partial charge in [-0.25, -0.2) is 0 Å². The maximum absolute atomic E-state index is 10.4. The molecular weight excluding hydrogens is 252 g/mol. The minimum Gasteiger partial charge on any atom is -0.298 e. The highest BCUT2D eigenvalue weighted by Gasteiger charge is 2.04. The van der Waals surface area contributed by atoms with Crippen LogP contribution in [0.15, 0.2) is 18.2 Å². The van der Waals surface area contributed by atoms with E-state index in [2.05, 4.69) is 0 Å². The molecule has 0 saturated heterocycles. The number of hydrogen-bond acceptors (Lipinski definition) is 5. The third-order valence-electron chi connectivity index (χ3n) is 1.55. The first-order valence-corrected chi connectivity index (χ1v) is 5.41. The van der Waals surface area contributed by atoms with Gasteiger partial charge < -0.3 is 0 Å². The topological polar surface area (TPSA) is 126 Å². The van der Waals surface area contributed by atoms with Crippen molar-refractivity contribution in [2.75, 3.05) is 0 Å². The molecule has 0 fully saturated rings. The third-order valence-corrected chi connectivity index (χ3v) is 1.55. The van der Waals surface area contributed by atoms with Gasteiger partial charge in [0, 0.05) is 16.7 Å². The minimum atomic E-state index is -4.67. The molecule has 0 unspecified atom stereocenters. The second kappa shape index (κ2) is 6.63. The summed E-state index contributed by atoms with van der Waals surface area (Å²) in [5, 5.41) is 0. The molecule has 8 heteroatoms. The third kappa shape index (κ3) is 6.30. The van der Waals surface area contributed by atoms with E-state index in [9.17, 15) is 14.4 Å². The van der Waals surface area contributed by atoms with Crippen molar-refractivity contribution in [3.8, 4) is 0 Å². The van der Waals surface area contributed by atoms with Crippen molar-refractivity contribution in [3.63, 3.8) is 0 Å². The maximum atomic E-state index is 10.4. The smallest absolute Gasteiger partial charge is 0.298 e. The molecule has 0 radical (unpaired) electrons. The summed E-state index contributed by atoms with van der Waals surface area (Å²) in [6.45, 7) is 0. The Kier molecular flexibility index (Phi) is 5.89. The molecule has 0 saturated carbocycles. The van der Waals surface area contributed by atoms with E-state index in [0.717, 1.165) is 0 Å². The lowest BCUT2D eigenvalue weighted by molar-refractivity contribution is 0.108. The number of rotatable bonds is 3. The van der Waals surface area contributed by atoms with Gasteiger partial charge in [0.15, 0.2) is 18.9 Å². The number of hydrogen-bond donors (Lipinski definition) is 2. The average molecular weight is 260 g/mol. The van der Waals surface area contributed by atoms with Gasteiger partial charge in [-0.05, 0) is 0 Å². The Morgan fingerprint density at radius 1 is 0.882 bits per heavy atom. The van der Waals surface area contributed by atoms with Gasteiger partial charge in [0.1, 0.15) is 0 Å². The predicted molar refractivity (Wildman–Crippen MR) is 56.8 cm³/mol. The maximum Gasteiger partial charge on any atom is 0.394 e. The summed E-state index contributed by atoms with van der Waals surface area (Å²) in [5.74, 6) is 0. The van der Waals surface area contributed by atoms with E-state index in [1.807, 2.05) is 0 Å². The molecule has 1 aromatic rings. The van der Waals surface area contributed by atoms with Crippen LogP contribution in [0.5, 0.6) is 0 Å². The van der Waals surface area contributed by atoms with Gasteiger partial charge in [-0.1, -0.05) is 18.2 Å². The van der Waals surface area contributed by atoms with Crippen molar-refractivity contribution in [1.82, 2.24) is 0 Å². The van der Waals surface area contributed by atoms with Gasteiger partial charge in [-0.3, -0.25) is 23.5 Å². The molecule has 0 amide bonds. The van der Waals surface area contributed by atoms with E-state index in [1.54, 1.807) is 6.07 Å². The van der Waals surface area contributed by atoms with Crippen molar-refractivity contribution >= 4 is 29.3 Å². The van der Waals surface area contributed by atoms with Crippen molar-refractivity contribution in [2.45, 2.75) is 0 Å². The summed E-state index contributed by atoms with van der Waals surface area (Å²) in [4.78, 5) is 31.2. The standard InChI is InChI=1S/C9H6O3.H2O4S/c10-4-7-2-1-3-8(5-11)9(7)6-12;1-5(2,3)4/h1-6H;(H2,1,2,3,4). The van der Waals surface area contributed by atoms with Crippen LogP contribution in [0.25, 0.3) is 0 Å². The normalized spacial score (nSPS) is 9.76. The lowest BCUT2D eigenvalue weighted by Crippen LogP contribution is -1.96. The van der Waals surface area contributed by atoms with Gasteiger partial charge >= 0.3 is 10.4 Å². The fourth-order valence-corrected chi connectivity index (χ4v) is 0.943. The monoisotopic (exact) mass is 260 g/mol. The van der Waals surface area contributed by atoms with Gasteiger partial charge in [-0.2, -0.15) is 8.42 Å². The van der Waals surface area contributed by atoms with Crippen molar-refractivity contribution < 1.29 is 31.9 Å². The highest BCUT2D eigenvalue weighted by atomic mass is 32.3. The Balaban J connectivity index is 0.000000437. The second-order valence-corrected chi connectivity index (χ2v) is 3.55. The van der Waals surface area contributed by atoms with Crippen LogP contribution in [0.1, 0.15) is 31.1 Å². The minimum absolute atomic E-state index is 0.155. The Morgan fingerprint density at radius 2 is 1.24 bits per heavy atom. The highest BCUT2D eigenvalue weighted by molar-refractivity contribution is 7.79. The molecule has 1 rings (SSSR count). The molecule has 7 nitrogen and oxygen atoms in total. The van der Waals surface area contributed by atoms with Crippen LogP contribution in [0, 0.1) is 0 Å². The van der Waals surface area contributed by atoms with E-state index in [4.69, 9.17) is 17.5 Å². The van der Waals surface area contributed by atoms with E-state index in [0.29, 0.717) is 18.9 Å². The molecule has 0 aliphatic rings. The number of benzene rings is 1. The predicted octanol–water partition coefficient (Wildman–Crippen LogP) is 0.471. The molecule has 17 heavy (non-hydrogen) atoms. The van der Waals surface area contributed by atoms with Crippen LogP contribution in [0.3, 0.4) is 0 Å². The first-order chi connectivity index (χ1) is 7.83. The van der Waals surface area contributed by atoms with Gasteiger partial charge in [0.05, 0.1) is 0 Å². The van der Waals surface area contributed by atoms with Crippen LogP contribution in [-0.2, 0) is 10.4 Å². The lowest BCUT2D eigenvalue weighted by atomic mass is 10.0. The Labute approximate surface area is 96.6 Å². The summed E-state index contributed by atoms with van der Waals surface area (Å²) in [5.41, 5.74) is 0.645. The zero-order valence-corrected chi connectivity index (χ0v) is 9.12. The number of aldehydes is 3. The summed E-state index contributed by atoms with van der Waals surface area (Å²) < 4.78 is 31.6. The van der Waals surface area contributed by atoms with Gasteiger partial charge in [-0.15, -0.1) is 0 Å². The van der Waals surface area contributed by atoms with E-state index >= 15 is 0 Å². The van der Waals surface area contributed by atoms with Crippen LogP contribution in [0.2, 0.25) is 0 Å².